The van der Waals surface area contributed by atoms with Gasteiger partial charge in [0, 0.05) is 30.7 Å². The molecule has 2 N–H and O–H groups in total. The third kappa shape index (κ3) is 2.26. The molecule has 0 bridgehead atoms. The van der Waals surface area contributed by atoms with Gasteiger partial charge in [-0.2, -0.15) is 0 Å². The molecule has 86 valence electrons. The van der Waals surface area contributed by atoms with Gasteiger partial charge >= 0.3 is 0 Å². The molecule has 3 nitrogen and oxygen atoms in total. The molecule has 1 unspecified atom stereocenters. The van der Waals surface area contributed by atoms with Crippen molar-refractivity contribution in [2.75, 3.05) is 13.7 Å². The SMILES string of the molecule is COCCCC(N)c1coc2ccccc12. The number of para-hydroxylation sites is 1. The highest BCUT2D eigenvalue weighted by Crippen LogP contribution is 2.27. The van der Waals surface area contributed by atoms with Crippen molar-refractivity contribution in [3.05, 3.63) is 36.1 Å². The number of nitrogens with two attached hydrogens (primary N) is 1. The fourth-order valence-corrected chi connectivity index (χ4v) is 1.89. The van der Waals surface area contributed by atoms with E-state index in [1.807, 2.05) is 24.3 Å². The van der Waals surface area contributed by atoms with E-state index in [1.54, 1.807) is 13.4 Å². The summed E-state index contributed by atoms with van der Waals surface area (Å²) in [7, 11) is 1.71. The lowest BCUT2D eigenvalue weighted by atomic mass is 10.0. The standard InChI is InChI=1S/C13H17NO2/c1-15-8-4-6-12(14)11-9-16-13-7-3-2-5-10(11)13/h2-3,5,7,9,12H,4,6,8,14H2,1H3. The molecule has 1 heterocycles. The summed E-state index contributed by atoms with van der Waals surface area (Å²) in [6.07, 6.45) is 3.65. The van der Waals surface area contributed by atoms with Crippen LogP contribution in [0.3, 0.4) is 0 Å². The smallest absolute Gasteiger partial charge is 0.134 e. The Morgan fingerprint density at radius 3 is 3.00 bits per heavy atom. The summed E-state index contributed by atoms with van der Waals surface area (Å²) in [5.41, 5.74) is 8.12. The summed E-state index contributed by atoms with van der Waals surface area (Å²) in [4.78, 5) is 0. The van der Waals surface area contributed by atoms with E-state index in [-0.39, 0.29) is 6.04 Å². The third-order valence-corrected chi connectivity index (χ3v) is 2.77. The van der Waals surface area contributed by atoms with Crippen LogP contribution in [0.4, 0.5) is 0 Å². The van der Waals surface area contributed by atoms with Crippen LogP contribution in [0.2, 0.25) is 0 Å². The van der Waals surface area contributed by atoms with Crippen LogP contribution < -0.4 is 5.73 Å². The Balaban J connectivity index is 2.13. The van der Waals surface area contributed by atoms with E-state index < -0.39 is 0 Å². The maximum absolute atomic E-state index is 6.13. The van der Waals surface area contributed by atoms with Crippen molar-refractivity contribution in [2.45, 2.75) is 18.9 Å². The summed E-state index contributed by atoms with van der Waals surface area (Å²) in [5.74, 6) is 0. The monoisotopic (exact) mass is 219 g/mol. The molecule has 16 heavy (non-hydrogen) atoms. The number of hydrogen-bond acceptors (Lipinski definition) is 3. The summed E-state index contributed by atoms with van der Waals surface area (Å²) in [6, 6.07) is 8.00. The van der Waals surface area contributed by atoms with Crippen molar-refractivity contribution in [3.63, 3.8) is 0 Å². The summed E-state index contributed by atoms with van der Waals surface area (Å²) in [5, 5.41) is 1.12. The molecule has 1 aromatic carbocycles. The van der Waals surface area contributed by atoms with Crippen LogP contribution in [0.25, 0.3) is 11.0 Å². The van der Waals surface area contributed by atoms with Crippen LogP contribution in [0.5, 0.6) is 0 Å². The summed E-state index contributed by atoms with van der Waals surface area (Å²) < 4.78 is 10.5. The van der Waals surface area contributed by atoms with E-state index in [1.165, 1.54) is 0 Å². The summed E-state index contributed by atoms with van der Waals surface area (Å²) >= 11 is 0. The lowest BCUT2D eigenvalue weighted by molar-refractivity contribution is 0.190. The average molecular weight is 219 g/mol. The van der Waals surface area contributed by atoms with Crippen molar-refractivity contribution in [2.24, 2.45) is 5.73 Å². The van der Waals surface area contributed by atoms with Gasteiger partial charge in [0.25, 0.3) is 0 Å². The van der Waals surface area contributed by atoms with Gasteiger partial charge in [0.1, 0.15) is 5.58 Å². The number of benzene rings is 1. The molecule has 0 fully saturated rings. The molecule has 0 aliphatic carbocycles. The zero-order valence-electron chi connectivity index (χ0n) is 9.48. The van der Waals surface area contributed by atoms with Crippen LogP contribution in [0.1, 0.15) is 24.4 Å². The molecule has 2 aromatic rings. The minimum absolute atomic E-state index is 0.0267. The predicted octanol–water partition coefficient (Wildman–Crippen LogP) is 2.86. The molecule has 3 heteroatoms. The molecule has 0 spiro atoms. The lowest BCUT2D eigenvalue weighted by Gasteiger charge is -2.09. The largest absolute Gasteiger partial charge is 0.464 e. The minimum atomic E-state index is 0.0267. The van der Waals surface area contributed by atoms with Gasteiger partial charge in [0.2, 0.25) is 0 Å². The first-order valence-corrected chi connectivity index (χ1v) is 5.53. The van der Waals surface area contributed by atoms with Gasteiger partial charge in [0.05, 0.1) is 6.26 Å². The van der Waals surface area contributed by atoms with Gasteiger partial charge in [-0.05, 0) is 18.9 Å². The van der Waals surface area contributed by atoms with Crippen LogP contribution in [0, 0.1) is 0 Å². The van der Waals surface area contributed by atoms with Crippen LogP contribution in [-0.2, 0) is 4.74 Å². The van der Waals surface area contributed by atoms with E-state index in [2.05, 4.69) is 0 Å². The van der Waals surface area contributed by atoms with E-state index in [9.17, 15) is 0 Å². The van der Waals surface area contributed by atoms with Crippen molar-refractivity contribution in [3.8, 4) is 0 Å². The maximum atomic E-state index is 6.13. The van der Waals surface area contributed by atoms with E-state index in [4.69, 9.17) is 14.9 Å². The number of ether oxygens (including phenoxy) is 1. The van der Waals surface area contributed by atoms with E-state index in [0.717, 1.165) is 36.0 Å². The molecule has 2 rings (SSSR count). The Bertz CT molecular complexity index is 450. The Morgan fingerprint density at radius 1 is 1.38 bits per heavy atom. The van der Waals surface area contributed by atoms with Gasteiger partial charge in [-0.3, -0.25) is 0 Å². The molecule has 1 atom stereocenters. The first kappa shape index (κ1) is 11.2. The number of hydrogen-bond donors (Lipinski definition) is 1. The second kappa shape index (κ2) is 5.14. The highest BCUT2D eigenvalue weighted by Gasteiger charge is 2.12. The first-order chi connectivity index (χ1) is 7.83. The second-order valence-corrected chi connectivity index (χ2v) is 3.93. The Morgan fingerprint density at radius 2 is 2.19 bits per heavy atom. The zero-order chi connectivity index (χ0) is 11.4. The fourth-order valence-electron chi connectivity index (χ4n) is 1.89. The minimum Gasteiger partial charge on any atom is -0.464 e. The molecule has 0 aliphatic rings. The molecular formula is C13H17NO2. The first-order valence-electron chi connectivity index (χ1n) is 5.53. The van der Waals surface area contributed by atoms with Crippen molar-refractivity contribution in [1.29, 1.82) is 0 Å². The molecule has 0 saturated carbocycles. The average Bonchev–Trinajstić information content (AvgIpc) is 2.73. The van der Waals surface area contributed by atoms with Gasteiger partial charge in [-0.1, -0.05) is 18.2 Å². The molecular weight excluding hydrogens is 202 g/mol. The molecule has 1 aromatic heterocycles. The highest BCUT2D eigenvalue weighted by molar-refractivity contribution is 5.81. The Labute approximate surface area is 95.2 Å². The number of fused-ring (bicyclic) bond motifs is 1. The molecule has 0 amide bonds. The topological polar surface area (TPSA) is 48.4 Å². The number of methoxy groups -OCH3 is 1. The van der Waals surface area contributed by atoms with Crippen LogP contribution in [-0.4, -0.2) is 13.7 Å². The normalized spacial score (nSPS) is 13.1. The van der Waals surface area contributed by atoms with Gasteiger partial charge in [-0.15, -0.1) is 0 Å². The third-order valence-electron chi connectivity index (χ3n) is 2.77. The van der Waals surface area contributed by atoms with Crippen molar-refractivity contribution in [1.82, 2.24) is 0 Å². The quantitative estimate of drug-likeness (QED) is 0.786. The zero-order valence-corrected chi connectivity index (χ0v) is 9.48. The summed E-state index contributed by atoms with van der Waals surface area (Å²) in [6.45, 7) is 0.753. The number of furan rings is 1. The highest BCUT2D eigenvalue weighted by atomic mass is 16.5. The second-order valence-electron chi connectivity index (χ2n) is 3.93. The molecule has 0 aliphatic heterocycles. The lowest BCUT2D eigenvalue weighted by Crippen LogP contribution is -2.10. The Hall–Kier alpha value is -1.32. The van der Waals surface area contributed by atoms with Gasteiger partial charge in [-0.25, -0.2) is 0 Å². The molecule has 0 radical (unpaired) electrons. The van der Waals surface area contributed by atoms with Crippen LogP contribution in [0.15, 0.2) is 34.9 Å². The van der Waals surface area contributed by atoms with Crippen LogP contribution >= 0.6 is 0 Å². The van der Waals surface area contributed by atoms with Gasteiger partial charge in [0.15, 0.2) is 0 Å². The van der Waals surface area contributed by atoms with Crippen molar-refractivity contribution < 1.29 is 9.15 Å². The van der Waals surface area contributed by atoms with E-state index >= 15 is 0 Å². The maximum Gasteiger partial charge on any atom is 0.134 e. The predicted molar refractivity (Wildman–Crippen MR) is 64.3 cm³/mol. The fraction of sp³-hybridized carbons (Fsp3) is 0.385. The number of rotatable bonds is 5. The van der Waals surface area contributed by atoms with Crippen molar-refractivity contribution >= 4 is 11.0 Å². The Kier molecular flexibility index (Phi) is 3.59. The molecule has 0 saturated heterocycles. The van der Waals surface area contributed by atoms with Gasteiger partial charge < -0.3 is 14.9 Å². The van der Waals surface area contributed by atoms with E-state index in [0.29, 0.717) is 0 Å².